The molecule has 0 rings (SSSR count). The Balaban J connectivity index is 3.27. The third-order valence-corrected chi connectivity index (χ3v) is 2.46. The van der Waals surface area contributed by atoms with Gasteiger partial charge in [0.2, 0.25) is 0 Å². The van der Waals surface area contributed by atoms with Crippen molar-refractivity contribution >= 4 is 5.97 Å². The minimum Gasteiger partial charge on any atom is -0.481 e. The highest BCUT2D eigenvalue weighted by atomic mass is 16.5. The number of ether oxygens (including phenoxy) is 3. The highest BCUT2D eigenvalue weighted by Gasteiger charge is 2.26. The third-order valence-electron chi connectivity index (χ3n) is 2.46. The lowest BCUT2D eigenvalue weighted by Gasteiger charge is -2.18. The Morgan fingerprint density at radius 1 is 1.06 bits per heavy atom. The fraction of sp³-hybridized carbons (Fsp3) is 0.917. The summed E-state index contributed by atoms with van der Waals surface area (Å²) in [5.74, 6) is -0.795. The van der Waals surface area contributed by atoms with Crippen LogP contribution in [0.4, 0.5) is 0 Å². The van der Waals surface area contributed by atoms with E-state index in [0.29, 0.717) is 39.5 Å². The van der Waals surface area contributed by atoms with Gasteiger partial charge in [-0.05, 0) is 26.7 Å². The van der Waals surface area contributed by atoms with Gasteiger partial charge >= 0.3 is 5.97 Å². The Bertz CT molecular complexity index is 203. The predicted octanol–water partition coefficient (Wildman–Crippen LogP) is 1.56. The Hall–Kier alpha value is -0.650. The van der Waals surface area contributed by atoms with E-state index in [1.54, 1.807) is 21.0 Å². The van der Waals surface area contributed by atoms with Crippen molar-refractivity contribution in [2.75, 3.05) is 40.1 Å². The van der Waals surface area contributed by atoms with Crippen molar-refractivity contribution in [1.29, 1.82) is 0 Å². The van der Waals surface area contributed by atoms with Gasteiger partial charge in [0, 0.05) is 26.9 Å². The van der Waals surface area contributed by atoms with Crippen LogP contribution in [0.1, 0.15) is 26.7 Å². The summed E-state index contributed by atoms with van der Waals surface area (Å²) >= 11 is 0. The molecule has 0 aliphatic rings. The molecule has 0 bridgehead atoms. The fourth-order valence-electron chi connectivity index (χ4n) is 1.06. The molecular formula is C12H24O5. The largest absolute Gasteiger partial charge is 0.481 e. The van der Waals surface area contributed by atoms with Crippen molar-refractivity contribution in [1.82, 2.24) is 0 Å². The molecule has 17 heavy (non-hydrogen) atoms. The van der Waals surface area contributed by atoms with Crippen LogP contribution in [0.15, 0.2) is 0 Å². The van der Waals surface area contributed by atoms with Gasteiger partial charge in [0.1, 0.15) is 0 Å². The van der Waals surface area contributed by atoms with Gasteiger partial charge in [-0.15, -0.1) is 0 Å². The Morgan fingerprint density at radius 2 is 1.65 bits per heavy atom. The van der Waals surface area contributed by atoms with E-state index < -0.39 is 11.4 Å². The lowest BCUT2D eigenvalue weighted by molar-refractivity contribution is -0.148. The smallest absolute Gasteiger partial charge is 0.309 e. The first-order chi connectivity index (χ1) is 8.00. The van der Waals surface area contributed by atoms with Crippen molar-refractivity contribution in [2.45, 2.75) is 26.7 Å². The van der Waals surface area contributed by atoms with Gasteiger partial charge in [-0.25, -0.2) is 0 Å². The van der Waals surface area contributed by atoms with E-state index in [1.807, 2.05) is 0 Å². The van der Waals surface area contributed by atoms with Crippen LogP contribution in [0.2, 0.25) is 0 Å². The molecular weight excluding hydrogens is 224 g/mol. The highest BCUT2D eigenvalue weighted by Crippen LogP contribution is 2.19. The topological polar surface area (TPSA) is 65.0 Å². The molecule has 0 aromatic heterocycles. The molecule has 0 aromatic carbocycles. The summed E-state index contributed by atoms with van der Waals surface area (Å²) in [5, 5.41) is 8.87. The van der Waals surface area contributed by atoms with Gasteiger partial charge in [-0.1, -0.05) is 0 Å². The first kappa shape index (κ1) is 16.4. The molecule has 0 aromatic rings. The highest BCUT2D eigenvalue weighted by molar-refractivity contribution is 5.73. The Morgan fingerprint density at radius 3 is 2.18 bits per heavy atom. The molecule has 5 heteroatoms. The number of methoxy groups -OCH3 is 1. The average Bonchev–Trinajstić information content (AvgIpc) is 2.26. The molecule has 0 spiro atoms. The van der Waals surface area contributed by atoms with E-state index in [1.165, 1.54) is 0 Å². The van der Waals surface area contributed by atoms with Gasteiger partial charge < -0.3 is 19.3 Å². The molecule has 0 aliphatic heterocycles. The number of hydrogen-bond acceptors (Lipinski definition) is 4. The summed E-state index contributed by atoms with van der Waals surface area (Å²) in [6.07, 6.45) is 1.38. The van der Waals surface area contributed by atoms with Gasteiger partial charge in [0.15, 0.2) is 0 Å². The van der Waals surface area contributed by atoms with Crippen LogP contribution in [0.25, 0.3) is 0 Å². The van der Waals surface area contributed by atoms with Crippen molar-refractivity contribution in [3.63, 3.8) is 0 Å². The Labute approximate surface area is 103 Å². The second kappa shape index (κ2) is 9.39. The maximum atomic E-state index is 10.8. The zero-order chi connectivity index (χ0) is 13.1. The average molecular weight is 248 g/mol. The van der Waals surface area contributed by atoms with E-state index in [4.69, 9.17) is 19.3 Å². The zero-order valence-electron chi connectivity index (χ0n) is 11.0. The van der Waals surface area contributed by atoms with Crippen molar-refractivity contribution < 1.29 is 24.1 Å². The van der Waals surface area contributed by atoms with E-state index in [0.717, 1.165) is 6.42 Å². The number of hydrogen-bond donors (Lipinski definition) is 1. The lowest BCUT2D eigenvalue weighted by atomic mass is 9.90. The number of aliphatic carboxylic acids is 1. The van der Waals surface area contributed by atoms with Crippen LogP contribution < -0.4 is 0 Å². The van der Waals surface area contributed by atoms with Crippen molar-refractivity contribution in [3.05, 3.63) is 0 Å². The van der Waals surface area contributed by atoms with Crippen LogP contribution in [0.3, 0.4) is 0 Å². The fourth-order valence-corrected chi connectivity index (χ4v) is 1.06. The standard InChI is InChI=1S/C12H24O5/c1-12(2,11(13)14)5-8-17-10-9-16-7-4-6-15-3/h4-10H2,1-3H3,(H,13,14). The van der Waals surface area contributed by atoms with Crippen LogP contribution >= 0.6 is 0 Å². The second-order valence-corrected chi connectivity index (χ2v) is 4.51. The van der Waals surface area contributed by atoms with E-state index >= 15 is 0 Å². The summed E-state index contributed by atoms with van der Waals surface area (Å²) in [5.41, 5.74) is -0.723. The summed E-state index contributed by atoms with van der Waals surface area (Å²) < 4.78 is 15.5. The first-order valence-electron chi connectivity index (χ1n) is 5.88. The SMILES string of the molecule is COCCCOCCOCCC(C)(C)C(=O)O. The predicted molar refractivity (Wildman–Crippen MR) is 64.2 cm³/mol. The van der Waals surface area contributed by atoms with E-state index in [2.05, 4.69) is 0 Å². The lowest BCUT2D eigenvalue weighted by Crippen LogP contribution is -2.25. The van der Waals surface area contributed by atoms with Crippen LogP contribution in [0, 0.1) is 5.41 Å². The van der Waals surface area contributed by atoms with Crippen molar-refractivity contribution in [3.8, 4) is 0 Å². The maximum absolute atomic E-state index is 10.8. The number of rotatable bonds is 11. The molecule has 5 nitrogen and oxygen atoms in total. The summed E-state index contributed by atoms with van der Waals surface area (Å²) in [6, 6.07) is 0. The molecule has 0 saturated heterocycles. The molecule has 0 heterocycles. The molecule has 1 N–H and O–H groups in total. The molecule has 0 amide bonds. The first-order valence-corrected chi connectivity index (χ1v) is 5.88. The molecule has 0 radical (unpaired) electrons. The monoisotopic (exact) mass is 248 g/mol. The van der Waals surface area contributed by atoms with Crippen LogP contribution in [-0.4, -0.2) is 51.2 Å². The minimum absolute atomic E-state index is 0.445. The van der Waals surface area contributed by atoms with Crippen molar-refractivity contribution in [2.24, 2.45) is 5.41 Å². The molecule has 102 valence electrons. The number of carboxylic acid groups (broad SMARTS) is 1. The van der Waals surface area contributed by atoms with Crippen LogP contribution in [0.5, 0.6) is 0 Å². The van der Waals surface area contributed by atoms with Gasteiger partial charge in [0.25, 0.3) is 0 Å². The molecule has 0 saturated carbocycles. The Kier molecular flexibility index (Phi) is 9.03. The van der Waals surface area contributed by atoms with Crippen LogP contribution in [-0.2, 0) is 19.0 Å². The second-order valence-electron chi connectivity index (χ2n) is 4.51. The minimum atomic E-state index is -0.795. The summed E-state index contributed by atoms with van der Waals surface area (Å²) in [4.78, 5) is 10.8. The van der Waals surface area contributed by atoms with Gasteiger partial charge in [0.05, 0.1) is 18.6 Å². The molecule has 0 aliphatic carbocycles. The number of carbonyl (C=O) groups is 1. The molecule has 0 atom stereocenters. The van der Waals surface area contributed by atoms with E-state index in [-0.39, 0.29) is 0 Å². The molecule has 0 fully saturated rings. The van der Waals surface area contributed by atoms with Gasteiger partial charge in [-0.3, -0.25) is 4.79 Å². The summed E-state index contributed by atoms with van der Waals surface area (Å²) in [6.45, 7) is 6.24. The zero-order valence-corrected chi connectivity index (χ0v) is 11.0. The molecule has 0 unspecified atom stereocenters. The maximum Gasteiger partial charge on any atom is 0.309 e. The third kappa shape index (κ3) is 9.09. The van der Waals surface area contributed by atoms with E-state index in [9.17, 15) is 4.79 Å². The number of carboxylic acids is 1. The normalized spacial score (nSPS) is 11.7. The quantitative estimate of drug-likeness (QED) is 0.562. The van der Waals surface area contributed by atoms with Gasteiger partial charge in [-0.2, -0.15) is 0 Å². The summed E-state index contributed by atoms with van der Waals surface area (Å²) in [7, 11) is 1.66.